The van der Waals surface area contributed by atoms with E-state index in [0.717, 1.165) is 10.9 Å². The van der Waals surface area contributed by atoms with Crippen LogP contribution in [0.3, 0.4) is 0 Å². The summed E-state index contributed by atoms with van der Waals surface area (Å²) in [6.07, 6.45) is 0.698. The zero-order valence-corrected chi connectivity index (χ0v) is 11.2. The summed E-state index contributed by atoms with van der Waals surface area (Å²) in [6.45, 7) is 0.466. The van der Waals surface area contributed by atoms with Gasteiger partial charge in [-0.15, -0.1) is 11.6 Å². The minimum absolute atomic E-state index is 0.00238. The van der Waals surface area contributed by atoms with Crippen LogP contribution in [-0.4, -0.2) is 23.8 Å². The van der Waals surface area contributed by atoms with Crippen molar-refractivity contribution in [2.45, 2.75) is 5.92 Å². The minimum Gasteiger partial charge on any atom is -0.314 e. The van der Waals surface area contributed by atoms with Gasteiger partial charge in [-0.1, -0.05) is 18.2 Å². The van der Waals surface area contributed by atoms with Crippen LogP contribution in [0, 0.1) is 10.1 Å². The quantitative estimate of drug-likeness (QED) is 0.378. The van der Waals surface area contributed by atoms with E-state index in [2.05, 4.69) is 0 Å². The Balaban J connectivity index is 2.40. The van der Waals surface area contributed by atoms with E-state index < -0.39 is 4.92 Å². The van der Waals surface area contributed by atoms with Crippen molar-refractivity contribution in [1.82, 2.24) is 0 Å². The number of amides is 1. The van der Waals surface area contributed by atoms with Crippen molar-refractivity contribution in [3.8, 4) is 0 Å². The maximum atomic E-state index is 11.2. The van der Waals surface area contributed by atoms with Crippen LogP contribution in [0.1, 0.15) is 11.5 Å². The summed E-state index contributed by atoms with van der Waals surface area (Å²) in [6, 6.07) is 8.64. The minimum atomic E-state index is -0.417. The first-order valence-electron chi connectivity index (χ1n) is 6.15. The third-order valence-electron chi connectivity index (χ3n) is 3.69. The summed E-state index contributed by atoms with van der Waals surface area (Å²) in [4.78, 5) is 23.5. The van der Waals surface area contributed by atoms with Crippen molar-refractivity contribution in [3.05, 3.63) is 46.0 Å². The van der Waals surface area contributed by atoms with Gasteiger partial charge in [0, 0.05) is 24.4 Å². The third kappa shape index (κ3) is 1.74. The Bertz CT molecular complexity index is 717. The average Bonchev–Trinajstić information content (AvgIpc) is 2.84. The van der Waals surface area contributed by atoms with Crippen molar-refractivity contribution < 1.29 is 9.72 Å². The first-order valence-corrected chi connectivity index (χ1v) is 6.68. The number of nitro groups is 1. The standard InChI is InChI=1S/C14H11ClN2O3/c15-6-9-7-16(8-18)13-5-12(17(19)20)10-3-1-2-4-11(10)14(9)13/h1-5,8-9H,6-7H2. The van der Waals surface area contributed by atoms with E-state index >= 15 is 0 Å². The van der Waals surface area contributed by atoms with Gasteiger partial charge in [0.25, 0.3) is 5.69 Å². The number of hydrogen-bond donors (Lipinski definition) is 0. The number of benzene rings is 2. The Labute approximate surface area is 119 Å². The summed E-state index contributed by atoms with van der Waals surface area (Å²) >= 11 is 5.98. The number of nitro benzene ring substituents is 1. The highest BCUT2D eigenvalue weighted by Crippen LogP contribution is 2.44. The topological polar surface area (TPSA) is 63.5 Å². The molecule has 20 heavy (non-hydrogen) atoms. The number of fused-ring (bicyclic) bond motifs is 3. The van der Waals surface area contributed by atoms with Crippen LogP contribution in [0.5, 0.6) is 0 Å². The Morgan fingerprint density at radius 2 is 2.10 bits per heavy atom. The Kier molecular flexibility index (Phi) is 3.06. The molecule has 1 atom stereocenters. The molecule has 0 saturated heterocycles. The summed E-state index contributed by atoms with van der Waals surface area (Å²) < 4.78 is 0. The van der Waals surface area contributed by atoms with E-state index in [-0.39, 0.29) is 11.6 Å². The Morgan fingerprint density at radius 1 is 1.40 bits per heavy atom. The van der Waals surface area contributed by atoms with E-state index in [1.165, 1.54) is 11.0 Å². The summed E-state index contributed by atoms with van der Waals surface area (Å²) in [5.74, 6) is 0.377. The first-order chi connectivity index (χ1) is 9.67. The summed E-state index contributed by atoms with van der Waals surface area (Å²) in [5, 5.41) is 12.6. The molecule has 0 radical (unpaired) electrons. The van der Waals surface area contributed by atoms with Crippen LogP contribution in [0.2, 0.25) is 0 Å². The number of rotatable bonds is 3. The number of non-ortho nitro benzene ring substituents is 1. The molecule has 1 unspecified atom stereocenters. The van der Waals surface area contributed by atoms with Gasteiger partial charge in [0.15, 0.2) is 0 Å². The largest absolute Gasteiger partial charge is 0.314 e. The number of carbonyl (C=O) groups excluding carboxylic acids is 1. The van der Waals surface area contributed by atoms with Gasteiger partial charge in [0.1, 0.15) is 0 Å². The molecular weight excluding hydrogens is 280 g/mol. The van der Waals surface area contributed by atoms with Gasteiger partial charge in [-0.3, -0.25) is 14.9 Å². The highest BCUT2D eigenvalue weighted by atomic mass is 35.5. The average molecular weight is 291 g/mol. The van der Waals surface area contributed by atoms with E-state index in [4.69, 9.17) is 11.6 Å². The molecule has 0 saturated carbocycles. The van der Waals surface area contributed by atoms with Gasteiger partial charge in [-0.2, -0.15) is 0 Å². The van der Waals surface area contributed by atoms with Gasteiger partial charge in [-0.05, 0) is 17.0 Å². The first kappa shape index (κ1) is 12.9. The zero-order chi connectivity index (χ0) is 14.3. The van der Waals surface area contributed by atoms with Gasteiger partial charge in [-0.25, -0.2) is 0 Å². The molecule has 0 aromatic heterocycles. The van der Waals surface area contributed by atoms with Crippen LogP contribution in [0.4, 0.5) is 11.4 Å². The fourth-order valence-electron chi connectivity index (χ4n) is 2.83. The molecule has 2 aromatic rings. The molecule has 0 fully saturated rings. The molecule has 6 heteroatoms. The lowest BCUT2D eigenvalue weighted by Crippen LogP contribution is -2.19. The van der Waals surface area contributed by atoms with Crippen molar-refractivity contribution in [2.24, 2.45) is 0 Å². The molecule has 1 aliphatic heterocycles. The predicted octanol–water partition coefficient (Wildman–Crippen LogP) is 3.05. The Morgan fingerprint density at radius 3 is 2.70 bits per heavy atom. The highest BCUT2D eigenvalue weighted by molar-refractivity contribution is 6.19. The van der Waals surface area contributed by atoms with Crippen LogP contribution in [0.15, 0.2) is 30.3 Å². The lowest BCUT2D eigenvalue weighted by atomic mass is 9.95. The van der Waals surface area contributed by atoms with Crippen LogP contribution in [-0.2, 0) is 4.79 Å². The van der Waals surface area contributed by atoms with E-state index in [0.29, 0.717) is 29.9 Å². The number of carbonyl (C=O) groups is 1. The molecule has 0 N–H and O–H groups in total. The highest BCUT2D eigenvalue weighted by Gasteiger charge is 2.32. The van der Waals surface area contributed by atoms with Gasteiger partial charge >= 0.3 is 0 Å². The van der Waals surface area contributed by atoms with Crippen LogP contribution in [0.25, 0.3) is 10.8 Å². The van der Waals surface area contributed by atoms with Crippen molar-refractivity contribution in [1.29, 1.82) is 0 Å². The second kappa shape index (κ2) is 4.76. The molecule has 0 aliphatic carbocycles. The van der Waals surface area contributed by atoms with E-state index in [1.807, 2.05) is 12.1 Å². The second-order valence-corrected chi connectivity index (χ2v) is 5.05. The number of alkyl halides is 1. The molecule has 1 aliphatic rings. The van der Waals surface area contributed by atoms with E-state index in [9.17, 15) is 14.9 Å². The predicted molar refractivity (Wildman–Crippen MR) is 77.5 cm³/mol. The fourth-order valence-corrected chi connectivity index (χ4v) is 3.09. The summed E-state index contributed by atoms with van der Waals surface area (Å²) in [7, 11) is 0. The molecule has 1 amide bonds. The normalized spacial score (nSPS) is 17.2. The molecule has 2 aromatic carbocycles. The number of nitrogens with zero attached hydrogens (tertiary/aromatic N) is 2. The molecule has 5 nitrogen and oxygen atoms in total. The van der Waals surface area contributed by atoms with Crippen molar-refractivity contribution >= 4 is 40.2 Å². The molecule has 0 spiro atoms. The zero-order valence-electron chi connectivity index (χ0n) is 10.5. The number of anilines is 1. The second-order valence-electron chi connectivity index (χ2n) is 4.74. The molecule has 102 valence electrons. The van der Waals surface area contributed by atoms with Gasteiger partial charge < -0.3 is 4.90 Å². The molecule has 3 rings (SSSR count). The Hall–Kier alpha value is -2.14. The van der Waals surface area contributed by atoms with Crippen LogP contribution >= 0.6 is 11.6 Å². The monoisotopic (exact) mass is 290 g/mol. The molecule has 1 heterocycles. The smallest absolute Gasteiger partial charge is 0.279 e. The van der Waals surface area contributed by atoms with Gasteiger partial charge in [0.2, 0.25) is 6.41 Å². The third-order valence-corrected chi connectivity index (χ3v) is 4.06. The maximum absolute atomic E-state index is 11.2. The SMILES string of the molecule is O=CN1CC(CCl)c2c1cc([N+](=O)[O-])c1ccccc21. The fraction of sp³-hybridized carbons (Fsp3) is 0.214. The molecule has 0 bridgehead atoms. The van der Waals surface area contributed by atoms with Gasteiger partial charge in [0.05, 0.1) is 16.0 Å². The van der Waals surface area contributed by atoms with Crippen LogP contribution < -0.4 is 4.90 Å². The maximum Gasteiger partial charge on any atom is 0.279 e. The number of halogens is 1. The number of hydrogen-bond acceptors (Lipinski definition) is 3. The molecular formula is C14H11ClN2O3. The summed E-state index contributed by atoms with van der Waals surface area (Å²) in [5.41, 5.74) is 1.53. The lowest BCUT2D eigenvalue weighted by Gasteiger charge is -2.11. The van der Waals surface area contributed by atoms with E-state index in [1.54, 1.807) is 12.1 Å². The van der Waals surface area contributed by atoms with Crippen molar-refractivity contribution in [3.63, 3.8) is 0 Å². The lowest BCUT2D eigenvalue weighted by molar-refractivity contribution is -0.383. The van der Waals surface area contributed by atoms with Crippen molar-refractivity contribution in [2.75, 3.05) is 17.3 Å².